The van der Waals surface area contributed by atoms with Gasteiger partial charge in [0.2, 0.25) is 0 Å². The standard InChI is InChI=1S/C21H25F2N3O2/c1-15(16-3-8-19(22)20(23)13-16)24-14-21(27)26-11-9-25(10-12-26)17-4-6-18(28-2)7-5-17/h3-8,13,15,24H,9-12,14H2,1-2H3/p+1/t15-/m0/s1. The number of carbonyl (C=O) groups is 1. The van der Waals surface area contributed by atoms with Gasteiger partial charge in [0.1, 0.15) is 11.8 Å². The third-order valence-corrected chi connectivity index (χ3v) is 5.19. The van der Waals surface area contributed by atoms with Crippen LogP contribution >= 0.6 is 0 Å². The van der Waals surface area contributed by atoms with Crippen molar-refractivity contribution in [3.05, 3.63) is 59.7 Å². The number of ether oxygens (including phenoxy) is 1. The van der Waals surface area contributed by atoms with Crippen molar-refractivity contribution in [3.63, 3.8) is 0 Å². The Labute approximate surface area is 163 Å². The summed E-state index contributed by atoms with van der Waals surface area (Å²) in [6.07, 6.45) is 0. The number of hydrogen-bond acceptors (Lipinski definition) is 3. The first kappa shape index (κ1) is 20.1. The predicted molar refractivity (Wildman–Crippen MR) is 103 cm³/mol. The van der Waals surface area contributed by atoms with Crippen LogP contribution < -0.4 is 15.0 Å². The molecule has 1 atom stereocenters. The highest BCUT2D eigenvalue weighted by Crippen LogP contribution is 2.20. The minimum atomic E-state index is -0.862. The van der Waals surface area contributed by atoms with Gasteiger partial charge in [-0.05, 0) is 49.4 Å². The van der Waals surface area contributed by atoms with Crippen LogP contribution in [0.15, 0.2) is 42.5 Å². The average molecular weight is 390 g/mol. The molecule has 0 aromatic heterocycles. The molecule has 1 amide bonds. The Kier molecular flexibility index (Phi) is 6.46. The normalized spacial score (nSPS) is 15.4. The number of halogens is 2. The number of methoxy groups -OCH3 is 1. The lowest BCUT2D eigenvalue weighted by Crippen LogP contribution is -2.87. The number of amides is 1. The van der Waals surface area contributed by atoms with Crippen molar-refractivity contribution in [2.24, 2.45) is 0 Å². The third kappa shape index (κ3) is 4.78. The van der Waals surface area contributed by atoms with Gasteiger partial charge in [0.25, 0.3) is 5.91 Å². The molecule has 5 nitrogen and oxygen atoms in total. The van der Waals surface area contributed by atoms with Gasteiger partial charge in [-0.3, -0.25) is 4.79 Å². The summed E-state index contributed by atoms with van der Waals surface area (Å²) in [5.74, 6) is -0.840. The van der Waals surface area contributed by atoms with Crippen molar-refractivity contribution in [1.82, 2.24) is 4.90 Å². The quantitative estimate of drug-likeness (QED) is 0.820. The second-order valence-corrected chi connectivity index (χ2v) is 6.97. The zero-order valence-corrected chi connectivity index (χ0v) is 16.2. The van der Waals surface area contributed by atoms with Crippen molar-refractivity contribution >= 4 is 11.6 Å². The molecular weight excluding hydrogens is 364 g/mol. The van der Waals surface area contributed by atoms with E-state index in [-0.39, 0.29) is 18.5 Å². The molecule has 0 radical (unpaired) electrons. The number of anilines is 1. The SMILES string of the molecule is COc1ccc(N2CCN(C(=O)C[NH2+][C@@H](C)c3ccc(F)c(F)c3)CC2)cc1. The van der Waals surface area contributed by atoms with Crippen LogP contribution in [0.4, 0.5) is 14.5 Å². The number of carbonyl (C=O) groups excluding carboxylic acids is 1. The molecule has 0 unspecified atom stereocenters. The molecule has 28 heavy (non-hydrogen) atoms. The van der Waals surface area contributed by atoms with Crippen molar-refractivity contribution in [2.75, 3.05) is 44.7 Å². The molecule has 1 aliphatic rings. The van der Waals surface area contributed by atoms with Crippen LogP contribution in [0.5, 0.6) is 5.75 Å². The lowest BCUT2D eigenvalue weighted by molar-refractivity contribution is -0.683. The fourth-order valence-electron chi connectivity index (χ4n) is 3.35. The van der Waals surface area contributed by atoms with Crippen LogP contribution in [0.2, 0.25) is 0 Å². The first-order valence-corrected chi connectivity index (χ1v) is 9.43. The molecule has 0 spiro atoms. The number of quaternary nitrogens is 1. The smallest absolute Gasteiger partial charge is 0.277 e. The molecule has 2 aromatic carbocycles. The van der Waals surface area contributed by atoms with Gasteiger partial charge in [-0.15, -0.1) is 0 Å². The van der Waals surface area contributed by atoms with Gasteiger partial charge in [0, 0.05) is 37.4 Å². The Morgan fingerprint density at radius 1 is 1.07 bits per heavy atom. The summed E-state index contributed by atoms with van der Waals surface area (Å²) >= 11 is 0. The molecule has 0 aliphatic carbocycles. The van der Waals surface area contributed by atoms with Crippen LogP contribution in [0, 0.1) is 11.6 Å². The summed E-state index contributed by atoms with van der Waals surface area (Å²) in [6, 6.07) is 11.6. The van der Waals surface area contributed by atoms with Gasteiger partial charge in [-0.1, -0.05) is 0 Å². The second-order valence-electron chi connectivity index (χ2n) is 6.97. The van der Waals surface area contributed by atoms with Gasteiger partial charge < -0.3 is 19.9 Å². The molecule has 1 aliphatic heterocycles. The predicted octanol–water partition coefficient (Wildman–Crippen LogP) is 1.95. The molecule has 1 fully saturated rings. The summed E-state index contributed by atoms with van der Waals surface area (Å²) in [4.78, 5) is 16.6. The number of piperazine rings is 1. The number of nitrogens with two attached hydrogens (primary N) is 1. The van der Waals surface area contributed by atoms with Gasteiger partial charge in [0.15, 0.2) is 18.2 Å². The van der Waals surface area contributed by atoms with Crippen molar-refractivity contribution in [3.8, 4) is 5.75 Å². The molecule has 150 valence electrons. The highest BCUT2D eigenvalue weighted by molar-refractivity contribution is 5.77. The van der Waals surface area contributed by atoms with E-state index in [0.29, 0.717) is 18.7 Å². The van der Waals surface area contributed by atoms with E-state index in [1.165, 1.54) is 6.07 Å². The summed E-state index contributed by atoms with van der Waals surface area (Å²) in [6.45, 7) is 5.04. The molecule has 1 heterocycles. The topological polar surface area (TPSA) is 49.4 Å². The lowest BCUT2D eigenvalue weighted by atomic mass is 10.1. The first-order valence-electron chi connectivity index (χ1n) is 9.43. The number of benzene rings is 2. The zero-order chi connectivity index (χ0) is 20.1. The van der Waals surface area contributed by atoms with E-state index in [4.69, 9.17) is 4.74 Å². The first-order chi connectivity index (χ1) is 13.5. The number of rotatable bonds is 6. The largest absolute Gasteiger partial charge is 0.497 e. The zero-order valence-electron chi connectivity index (χ0n) is 16.2. The molecule has 2 N–H and O–H groups in total. The van der Waals surface area contributed by atoms with Crippen LogP contribution in [-0.2, 0) is 4.79 Å². The molecular formula is C21H26F2N3O2+. The van der Waals surface area contributed by atoms with E-state index in [1.54, 1.807) is 13.2 Å². The second kappa shape index (κ2) is 9.01. The maximum atomic E-state index is 13.4. The van der Waals surface area contributed by atoms with Crippen LogP contribution in [0.1, 0.15) is 18.5 Å². The summed E-state index contributed by atoms with van der Waals surface area (Å²) in [5.41, 5.74) is 1.78. The molecule has 0 saturated carbocycles. The molecule has 2 aromatic rings. The Balaban J connectivity index is 1.47. The highest BCUT2D eigenvalue weighted by atomic mass is 19.2. The van der Waals surface area contributed by atoms with Crippen molar-refractivity contribution in [1.29, 1.82) is 0 Å². The van der Waals surface area contributed by atoms with Crippen LogP contribution in [0.3, 0.4) is 0 Å². The van der Waals surface area contributed by atoms with E-state index in [9.17, 15) is 13.6 Å². The Bertz CT molecular complexity index is 806. The van der Waals surface area contributed by atoms with Crippen molar-refractivity contribution < 1.29 is 23.6 Å². The van der Waals surface area contributed by atoms with Gasteiger partial charge in [-0.2, -0.15) is 0 Å². The fourth-order valence-corrected chi connectivity index (χ4v) is 3.35. The maximum absolute atomic E-state index is 13.4. The van der Waals surface area contributed by atoms with E-state index >= 15 is 0 Å². The number of hydrogen-bond donors (Lipinski definition) is 1. The van der Waals surface area contributed by atoms with E-state index in [0.717, 1.165) is 30.6 Å². The van der Waals surface area contributed by atoms with Gasteiger partial charge in [0.05, 0.1) is 7.11 Å². The summed E-state index contributed by atoms with van der Waals surface area (Å²) in [7, 11) is 1.64. The van der Waals surface area contributed by atoms with Crippen molar-refractivity contribution in [2.45, 2.75) is 13.0 Å². The number of nitrogens with zero attached hydrogens (tertiary/aromatic N) is 2. The lowest BCUT2D eigenvalue weighted by Gasteiger charge is -2.36. The van der Waals surface area contributed by atoms with Gasteiger partial charge >= 0.3 is 0 Å². The Morgan fingerprint density at radius 3 is 2.36 bits per heavy atom. The van der Waals surface area contributed by atoms with Crippen LogP contribution in [0.25, 0.3) is 0 Å². The molecule has 3 rings (SSSR count). The molecule has 0 bridgehead atoms. The Morgan fingerprint density at radius 2 is 1.75 bits per heavy atom. The fraction of sp³-hybridized carbons (Fsp3) is 0.381. The maximum Gasteiger partial charge on any atom is 0.277 e. The minimum absolute atomic E-state index is 0.0591. The van der Waals surface area contributed by atoms with Gasteiger partial charge in [-0.25, -0.2) is 8.78 Å². The molecule has 1 saturated heterocycles. The van der Waals surface area contributed by atoms with E-state index in [2.05, 4.69) is 4.90 Å². The summed E-state index contributed by atoms with van der Waals surface area (Å²) < 4.78 is 31.6. The minimum Gasteiger partial charge on any atom is -0.497 e. The Hall–Kier alpha value is -2.67. The molecule has 7 heteroatoms. The van der Waals surface area contributed by atoms with Crippen LogP contribution in [-0.4, -0.2) is 50.6 Å². The highest BCUT2D eigenvalue weighted by Gasteiger charge is 2.23. The van der Waals surface area contributed by atoms with E-state index < -0.39 is 11.6 Å². The monoisotopic (exact) mass is 390 g/mol. The summed E-state index contributed by atoms with van der Waals surface area (Å²) in [5, 5.41) is 1.85. The average Bonchev–Trinajstić information content (AvgIpc) is 2.74. The van der Waals surface area contributed by atoms with E-state index in [1.807, 2.05) is 41.4 Å². The third-order valence-electron chi connectivity index (χ3n) is 5.19.